The van der Waals surface area contributed by atoms with Gasteiger partial charge in [-0.2, -0.15) is 0 Å². The van der Waals surface area contributed by atoms with Crippen molar-refractivity contribution >= 4 is 5.91 Å². The van der Waals surface area contributed by atoms with Crippen LogP contribution >= 0.6 is 0 Å². The van der Waals surface area contributed by atoms with Crippen molar-refractivity contribution < 1.29 is 9.90 Å². The van der Waals surface area contributed by atoms with Gasteiger partial charge in [-0.25, -0.2) is 0 Å². The molecule has 0 saturated carbocycles. The predicted octanol–water partition coefficient (Wildman–Crippen LogP) is 1.30. The molecule has 4 nitrogen and oxygen atoms in total. The van der Waals surface area contributed by atoms with Gasteiger partial charge in [0.15, 0.2) is 0 Å². The highest BCUT2D eigenvalue weighted by Gasteiger charge is 2.29. The van der Waals surface area contributed by atoms with E-state index in [0.717, 1.165) is 30.8 Å². The third kappa shape index (κ3) is 2.31. The van der Waals surface area contributed by atoms with Crippen molar-refractivity contribution in [3.05, 3.63) is 29.1 Å². The monoisotopic (exact) mass is 234 g/mol. The molecule has 1 aliphatic rings. The Morgan fingerprint density at radius 2 is 2.29 bits per heavy atom. The molecule has 1 atom stereocenters. The number of likely N-dealkylation sites (tertiary alicyclic amines) is 1. The molecule has 1 saturated heterocycles. The standard InChI is InChI=1S/C13H18N2O2/c1-9-5-6-12(10(2)14-9)13(17)15-7-3-4-11(15)8-16/h5-6,11,16H,3-4,7-8H2,1-2H3/t11-/m0/s1. The topological polar surface area (TPSA) is 53.4 Å². The summed E-state index contributed by atoms with van der Waals surface area (Å²) in [4.78, 5) is 18.4. The van der Waals surface area contributed by atoms with E-state index in [-0.39, 0.29) is 18.6 Å². The van der Waals surface area contributed by atoms with Crippen LogP contribution in [0.25, 0.3) is 0 Å². The molecule has 0 radical (unpaired) electrons. The first-order chi connectivity index (χ1) is 8.13. The summed E-state index contributed by atoms with van der Waals surface area (Å²) in [6, 6.07) is 3.65. The van der Waals surface area contributed by atoms with Crippen molar-refractivity contribution in [2.75, 3.05) is 13.2 Å². The zero-order valence-electron chi connectivity index (χ0n) is 10.3. The number of carbonyl (C=O) groups excluding carboxylic acids is 1. The normalized spacial score (nSPS) is 19.7. The molecular weight excluding hydrogens is 216 g/mol. The first-order valence-corrected chi connectivity index (χ1v) is 5.99. The highest BCUT2D eigenvalue weighted by molar-refractivity contribution is 5.95. The van der Waals surface area contributed by atoms with E-state index in [1.807, 2.05) is 26.0 Å². The van der Waals surface area contributed by atoms with Crippen LogP contribution in [0, 0.1) is 13.8 Å². The minimum Gasteiger partial charge on any atom is -0.394 e. The lowest BCUT2D eigenvalue weighted by molar-refractivity contribution is 0.0676. The van der Waals surface area contributed by atoms with Gasteiger partial charge < -0.3 is 10.0 Å². The second-order valence-corrected chi connectivity index (χ2v) is 4.56. The van der Waals surface area contributed by atoms with Crippen molar-refractivity contribution in [3.8, 4) is 0 Å². The van der Waals surface area contributed by atoms with Crippen molar-refractivity contribution in [2.24, 2.45) is 0 Å². The molecule has 1 N–H and O–H groups in total. The van der Waals surface area contributed by atoms with Crippen molar-refractivity contribution in [2.45, 2.75) is 32.7 Å². The maximum absolute atomic E-state index is 12.3. The van der Waals surface area contributed by atoms with Crippen molar-refractivity contribution in [3.63, 3.8) is 0 Å². The van der Waals surface area contributed by atoms with E-state index in [4.69, 9.17) is 0 Å². The van der Waals surface area contributed by atoms with Gasteiger partial charge in [0, 0.05) is 12.2 Å². The molecule has 0 aromatic carbocycles. The molecule has 0 spiro atoms. The van der Waals surface area contributed by atoms with Crippen LogP contribution in [0.5, 0.6) is 0 Å². The van der Waals surface area contributed by atoms with Gasteiger partial charge in [0.1, 0.15) is 0 Å². The van der Waals surface area contributed by atoms with Crippen LogP contribution < -0.4 is 0 Å². The molecule has 1 aromatic heterocycles. The minimum absolute atomic E-state index is 0.00782. The Morgan fingerprint density at radius 1 is 1.53 bits per heavy atom. The Labute approximate surface area is 101 Å². The summed E-state index contributed by atoms with van der Waals surface area (Å²) in [7, 11) is 0. The van der Waals surface area contributed by atoms with Gasteiger partial charge in [-0.15, -0.1) is 0 Å². The molecule has 1 amide bonds. The number of hydrogen-bond donors (Lipinski definition) is 1. The minimum atomic E-state index is -0.0248. The zero-order chi connectivity index (χ0) is 12.4. The molecule has 92 valence electrons. The molecule has 0 unspecified atom stereocenters. The SMILES string of the molecule is Cc1ccc(C(=O)N2CCC[C@H]2CO)c(C)n1. The summed E-state index contributed by atoms with van der Waals surface area (Å²) in [6.07, 6.45) is 1.86. The lowest BCUT2D eigenvalue weighted by Gasteiger charge is -2.23. The zero-order valence-corrected chi connectivity index (χ0v) is 10.3. The van der Waals surface area contributed by atoms with Crippen molar-refractivity contribution in [1.29, 1.82) is 0 Å². The summed E-state index contributed by atoms with van der Waals surface area (Å²) in [6.45, 7) is 4.54. The number of amides is 1. The molecule has 2 rings (SSSR count). The van der Waals surface area contributed by atoms with Gasteiger partial charge in [0.05, 0.1) is 23.9 Å². The smallest absolute Gasteiger partial charge is 0.256 e. The van der Waals surface area contributed by atoms with Crippen LogP contribution in [0.4, 0.5) is 0 Å². The predicted molar refractivity (Wildman–Crippen MR) is 64.9 cm³/mol. The fourth-order valence-corrected chi connectivity index (χ4v) is 2.36. The maximum atomic E-state index is 12.3. The first kappa shape index (κ1) is 12.0. The summed E-state index contributed by atoms with van der Waals surface area (Å²) >= 11 is 0. The fourth-order valence-electron chi connectivity index (χ4n) is 2.36. The van der Waals surface area contributed by atoms with Gasteiger partial charge >= 0.3 is 0 Å². The van der Waals surface area contributed by atoms with Gasteiger partial charge in [-0.3, -0.25) is 9.78 Å². The van der Waals surface area contributed by atoms with E-state index in [1.54, 1.807) is 4.90 Å². The quantitative estimate of drug-likeness (QED) is 0.839. The number of rotatable bonds is 2. The Hall–Kier alpha value is -1.42. The summed E-state index contributed by atoms with van der Waals surface area (Å²) < 4.78 is 0. The highest BCUT2D eigenvalue weighted by atomic mass is 16.3. The van der Waals surface area contributed by atoms with Crippen LogP contribution in [-0.2, 0) is 0 Å². The third-order valence-corrected chi connectivity index (χ3v) is 3.30. The molecule has 0 bridgehead atoms. The number of aryl methyl sites for hydroxylation is 2. The lowest BCUT2D eigenvalue weighted by atomic mass is 10.1. The van der Waals surface area contributed by atoms with Crippen LogP contribution in [0.3, 0.4) is 0 Å². The molecule has 1 aromatic rings. The summed E-state index contributed by atoms with van der Waals surface area (Å²) in [5.74, 6) is -0.00782. The summed E-state index contributed by atoms with van der Waals surface area (Å²) in [5, 5.41) is 9.24. The maximum Gasteiger partial charge on any atom is 0.256 e. The second-order valence-electron chi connectivity index (χ2n) is 4.56. The Balaban J connectivity index is 2.24. The molecule has 1 fully saturated rings. The molecule has 2 heterocycles. The number of aromatic nitrogens is 1. The van der Waals surface area contributed by atoms with E-state index in [9.17, 15) is 9.90 Å². The number of pyridine rings is 1. The Kier molecular flexibility index (Phi) is 3.43. The van der Waals surface area contributed by atoms with Crippen LogP contribution in [-0.4, -0.2) is 40.1 Å². The molecule has 4 heteroatoms. The third-order valence-electron chi connectivity index (χ3n) is 3.30. The lowest BCUT2D eigenvalue weighted by Crippen LogP contribution is -2.38. The van der Waals surface area contributed by atoms with Crippen LogP contribution in [0.1, 0.15) is 34.6 Å². The largest absolute Gasteiger partial charge is 0.394 e. The van der Waals surface area contributed by atoms with Crippen molar-refractivity contribution in [1.82, 2.24) is 9.88 Å². The first-order valence-electron chi connectivity index (χ1n) is 5.99. The average molecular weight is 234 g/mol. The van der Waals surface area contributed by atoms with Gasteiger partial charge in [-0.1, -0.05) is 0 Å². The average Bonchev–Trinajstić information content (AvgIpc) is 2.76. The Bertz CT molecular complexity index is 431. The second kappa shape index (κ2) is 4.84. The van der Waals surface area contributed by atoms with Gasteiger partial charge in [0.25, 0.3) is 5.91 Å². The highest BCUT2D eigenvalue weighted by Crippen LogP contribution is 2.20. The van der Waals surface area contributed by atoms with Gasteiger partial charge in [-0.05, 0) is 38.8 Å². The van der Waals surface area contributed by atoms with E-state index >= 15 is 0 Å². The number of aliphatic hydroxyl groups is 1. The van der Waals surface area contributed by atoms with Gasteiger partial charge in [0.2, 0.25) is 0 Å². The molecule has 17 heavy (non-hydrogen) atoms. The van der Waals surface area contributed by atoms with E-state index in [2.05, 4.69) is 4.98 Å². The number of nitrogens with zero attached hydrogens (tertiary/aromatic N) is 2. The number of aliphatic hydroxyl groups excluding tert-OH is 1. The van der Waals surface area contributed by atoms with E-state index < -0.39 is 0 Å². The van der Waals surface area contributed by atoms with E-state index in [1.165, 1.54) is 0 Å². The molecular formula is C13H18N2O2. The molecule has 1 aliphatic heterocycles. The number of carbonyl (C=O) groups is 1. The fraction of sp³-hybridized carbons (Fsp3) is 0.538. The molecule has 0 aliphatic carbocycles. The summed E-state index contributed by atoms with van der Waals surface area (Å²) in [5.41, 5.74) is 2.33. The van der Waals surface area contributed by atoms with Crippen LogP contribution in [0.15, 0.2) is 12.1 Å². The van der Waals surface area contributed by atoms with Crippen LogP contribution in [0.2, 0.25) is 0 Å². The Morgan fingerprint density at radius 3 is 2.94 bits per heavy atom. The van der Waals surface area contributed by atoms with E-state index in [0.29, 0.717) is 5.56 Å². The number of hydrogen-bond acceptors (Lipinski definition) is 3.